The molecule has 0 bridgehead atoms. The Bertz CT molecular complexity index is 676. The molecule has 5 heteroatoms. The third-order valence-electron chi connectivity index (χ3n) is 2.92. The first-order valence-corrected chi connectivity index (χ1v) is 6.21. The van der Waals surface area contributed by atoms with Crippen molar-refractivity contribution in [3.05, 3.63) is 64.1 Å². The van der Waals surface area contributed by atoms with E-state index in [4.69, 9.17) is 9.84 Å². The van der Waals surface area contributed by atoms with E-state index in [9.17, 15) is 9.59 Å². The minimum Gasteiger partial charge on any atom is -0.491 e. The van der Waals surface area contributed by atoms with Gasteiger partial charge in [0.1, 0.15) is 17.9 Å². The highest BCUT2D eigenvalue weighted by Gasteiger charge is 2.13. The smallest absolute Gasteiger partial charge is 0.339 e. The number of benzene rings is 1. The molecule has 5 nitrogen and oxygen atoms in total. The third-order valence-corrected chi connectivity index (χ3v) is 2.92. The van der Waals surface area contributed by atoms with Crippen LogP contribution in [0.4, 0.5) is 0 Å². The summed E-state index contributed by atoms with van der Waals surface area (Å²) < 4.78 is 7.06. The molecule has 1 aromatic heterocycles. The van der Waals surface area contributed by atoms with Gasteiger partial charge in [-0.25, -0.2) is 4.79 Å². The van der Waals surface area contributed by atoms with E-state index in [-0.39, 0.29) is 17.7 Å². The average Bonchev–Trinajstić information content (AvgIpc) is 2.42. The summed E-state index contributed by atoms with van der Waals surface area (Å²) in [5.74, 6) is -0.676. The molecule has 0 aliphatic heterocycles. The van der Waals surface area contributed by atoms with E-state index in [0.717, 1.165) is 5.56 Å². The van der Waals surface area contributed by atoms with E-state index < -0.39 is 5.97 Å². The predicted molar refractivity (Wildman–Crippen MR) is 74.3 cm³/mol. The molecule has 2 aromatic rings. The molecule has 0 saturated carbocycles. The van der Waals surface area contributed by atoms with E-state index in [1.165, 1.54) is 16.7 Å². The van der Waals surface area contributed by atoms with Crippen LogP contribution in [0, 0.1) is 6.92 Å². The zero-order chi connectivity index (χ0) is 14.5. The van der Waals surface area contributed by atoms with Crippen LogP contribution in [0.3, 0.4) is 0 Å². The van der Waals surface area contributed by atoms with E-state index >= 15 is 0 Å². The summed E-state index contributed by atoms with van der Waals surface area (Å²) in [5, 5.41) is 9.12. The normalized spacial score (nSPS) is 10.2. The second-order valence-corrected chi connectivity index (χ2v) is 4.34. The second-order valence-electron chi connectivity index (χ2n) is 4.34. The number of ether oxygens (including phenoxy) is 1. The van der Waals surface area contributed by atoms with Crippen molar-refractivity contribution >= 4 is 5.97 Å². The number of hydrogen-bond donors (Lipinski definition) is 1. The highest BCUT2D eigenvalue weighted by atomic mass is 16.5. The molecule has 0 atom stereocenters. The largest absolute Gasteiger partial charge is 0.491 e. The Balaban J connectivity index is 2.10. The summed E-state index contributed by atoms with van der Waals surface area (Å²) in [6.07, 6.45) is 1.67. The zero-order valence-electron chi connectivity index (χ0n) is 11.1. The number of nitrogens with zero attached hydrogens (tertiary/aromatic N) is 1. The molecule has 0 saturated heterocycles. The van der Waals surface area contributed by atoms with Gasteiger partial charge in [0.15, 0.2) is 0 Å². The Morgan fingerprint density at radius 2 is 2.05 bits per heavy atom. The number of carbonyl (C=O) groups is 1. The van der Waals surface area contributed by atoms with Gasteiger partial charge in [-0.1, -0.05) is 18.2 Å². The number of hydrogen-bond acceptors (Lipinski definition) is 3. The molecule has 0 aliphatic rings. The fourth-order valence-electron chi connectivity index (χ4n) is 1.90. The molecular formula is C15H15NO4. The van der Waals surface area contributed by atoms with Crippen molar-refractivity contribution in [2.24, 2.45) is 0 Å². The number of para-hydroxylation sites is 1. The molecule has 0 amide bonds. The number of rotatable bonds is 5. The summed E-state index contributed by atoms with van der Waals surface area (Å²) >= 11 is 0. The van der Waals surface area contributed by atoms with Crippen molar-refractivity contribution in [2.75, 3.05) is 6.61 Å². The maximum Gasteiger partial charge on any atom is 0.339 e. The Morgan fingerprint density at radius 3 is 2.75 bits per heavy atom. The molecule has 0 unspecified atom stereocenters. The molecule has 104 valence electrons. The van der Waals surface area contributed by atoms with Crippen LogP contribution in [-0.4, -0.2) is 22.2 Å². The molecule has 1 aromatic carbocycles. The number of aryl methyl sites for hydroxylation is 1. The lowest BCUT2D eigenvalue weighted by Crippen LogP contribution is -2.21. The maximum absolute atomic E-state index is 11.5. The van der Waals surface area contributed by atoms with Gasteiger partial charge in [0, 0.05) is 12.3 Å². The van der Waals surface area contributed by atoms with E-state index in [1.54, 1.807) is 37.4 Å². The Labute approximate surface area is 116 Å². The first kappa shape index (κ1) is 13.9. The van der Waals surface area contributed by atoms with E-state index in [0.29, 0.717) is 12.3 Å². The number of aromatic nitrogens is 1. The van der Waals surface area contributed by atoms with E-state index in [1.807, 2.05) is 0 Å². The third kappa shape index (κ3) is 3.06. The molecule has 2 rings (SSSR count). The van der Waals surface area contributed by atoms with Crippen LogP contribution < -0.4 is 10.3 Å². The Morgan fingerprint density at radius 1 is 1.25 bits per heavy atom. The van der Waals surface area contributed by atoms with Crippen LogP contribution in [0.1, 0.15) is 15.9 Å². The quantitative estimate of drug-likeness (QED) is 0.903. The van der Waals surface area contributed by atoms with Crippen LogP contribution in [0.2, 0.25) is 0 Å². The van der Waals surface area contributed by atoms with Crippen molar-refractivity contribution in [2.45, 2.75) is 13.5 Å². The Hall–Kier alpha value is -2.56. The molecular weight excluding hydrogens is 258 g/mol. The number of carboxylic acid groups (broad SMARTS) is 1. The first-order chi connectivity index (χ1) is 9.59. The minimum absolute atomic E-state index is 0.112. The number of carboxylic acids is 1. The average molecular weight is 273 g/mol. The summed E-state index contributed by atoms with van der Waals surface area (Å²) in [6.45, 7) is 2.39. The molecule has 0 radical (unpaired) electrons. The van der Waals surface area contributed by atoms with Crippen molar-refractivity contribution in [3.8, 4) is 5.75 Å². The van der Waals surface area contributed by atoms with Gasteiger partial charge >= 0.3 is 5.97 Å². The predicted octanol–water partition coefficient (Wildman–Crippen LogP) is 1.93. The number of aromatic carboxylic acids is 1. The summed E-state index contributed by atoms with van der Waals surface area (Å²) in [6, 6.07) is 9.86. The van der Waals surface area contributed by atoms with Gasteiger partial charge in [-0.05, 0) is 24.6 Å². The Kier molecular flexibility index (Phi) is 4.20. The van der Waals surface area contributed by atoms with Crippen molar-refractivity contribution in [1.82, 2.24) is 4.57 Å². The van der Waals surface area contributed by atoms with E-state index in [2.05, 4.69) is 0 Å². The van der Waals surface area contributed by atoms with Crippen molar-refractivity contribution in [1.29, 1.82) is 0 Å². The van der Waals surface area contributed by atoms with Crippen LogP contribution in [0.25, 0.3) is 0 Å². The van der Waals surface area contributed by atoms with Gasteiger partial charge in [0.05, 0.1) is 6.54 Å². The molecule has 20 heavy (non-hydrogen) atoms. The lowest BCUT2D eigenvalue weighted by Gasteiger charge is -2.12. The van der Waals surface area contributed by atoms with Crippen LogP contribution in [0.5, 0.6) is 5.75 Å². The fourth-order valence-corrected chi connectivity index (χ4v) is 1.90. The zero-order valence-corrected chi connectivity index (χ0v) is 11.1. The SMILES string of the molecule is Cc1cccc(C(=O)O)c1OCCn1ccccc1=O. The van der Waals surface area contributed by atoms with Crippen molar-refractivity contribution < 1.29 is 14.6 Å². The van der Waals surface area contributed by atoms with Gasteiger partial charge in [-0.15, -0.1) is 0 Å². The van der Waals surface area contributed by atoms with Crippen LogP contribution >= 0.6 is 0 Å². The molecule has 0 fully saturated rings. The molecule has 0 spiro atoms. The van der Waals surface area contributed by atoms with Crippen molar-refractivity contribution in [3.63, 3.8) is 0 Å². The monoisotopic (exact) mass is 273 g/mol. The molecule has 1 N–H and O–H groups in total. The maximum atomic E-state index is 11.5. The standard InChI is InChI=1S/C15H15NO4/c1-11-5-4-6-12(15(18)19)14(11)20-10-9-16-8-3-2-7-13(16)17/h2-8H,9-10H2,1H3,(H,18,19). The van der Waals surface area contributed by atoms with Crippen LogP contribution in [0.15, 0.2) is 47.4 Å². The highest BCUT2D eigenvalue weighted by molar-refractivity contribution is 5.91. The van der Waals surface area contributed by atoms with Gasteiger partial charge in [0.25, 0.3) is 5.56 Å². The highest BCUT2D eigenvalue weighted by Crippen LogP contribution is 2.23. The topological polar surface area (TPSA) is 68.5 Å². The molecule has 1 heterocycles. The molecule has 0 aliphatic carbocycles. The fraction of sp³-hybridized carbons (Fsp3) is 0.200. The number of pyridine rings is 1. The van der Waals surface area contributed by atoms with Gasteiger partial charge in [-0.2, -0.15) is 0 Å². The summed E-state index contributed by atoms with van der Waals surface area (Å²) in [5.41, 5.74) is 0.773. The second kappa shape index (κ2) is 6.06. The summed E-state index contributed by atoms with van der Waals surface area (Å²) in [7, 11) is 0. The van der Waals surface area contributed by atoms with Gasteiger partial charge < -0.3 is 14.4 Å². The van der Waals surface area contributed by atoms with Crippen LogP contribution in [-0.2, 0) is 6.54 Å². The van der Waals surface area contributed by atoms with Gasteiger partial charge in [0.2, 0.25) is 0 Å². The lowest BCUT2D eigenvalue weighted by atomic mass is 10.1. The minimum atomic E-state index is -1.03. The van der Waals surface area contributed by atoms with Gasteiger partial charge in [-0.3, -0.25) is 4.79 Å². The lowest BCUT2D eigenvalue weighted by molar-refractivity contribution is 0.0692. The summed E-state index contributed by atoms with van der Waals surface area (Å²) in [4.78, 5) is 22.6. The first-order valence-electron chi connectivity index (χ1n) is 6.21.